The first-order valence-corrected chi connectivity index (χ1v) is 8.34. The van der Waals surface area contributed by atoms with Crippen LogP contribution in [0.25, 0.3) is 0 Å². The van der Waals surface area contributed by atoms with Gasteiger partial charge in [-0.15, -0.1) is 0 Å². The zero-order valence-corrected chi connectivity index (χ0v) is 13.7. The molecule has 0 radical (unpaired) electrons. The van der Waals surface area contributed by atoms with Crippen LogP contribution in [0.5, 0.6) is 5.75 Å². The maximum atomic E-state index is 12.9. The number of rotatable bonds is 3. The molecular weight excluding hydrogens is 306 g/mol. The lowest BCUT2D eigenvalue weighted by atomic mass is 10.1. The smallest absolute Gasteiger partial charge is 0.270 e. The number of hydrogen-bond donors (Lipinski definition) is 0. The van der Waals surface area contributed by atoms with E-state index in [1.165, 1.54) is 0 Å². The Hall–Kier alpha value is -2.34. The van der Waals surface area contributed by atoms with Gasteiger partial charge in [0.2, 0.25) is 0 Å². The molecule has 126 valence electrons. The van der Waals surface area contributed by atoms with Crippen molar-refractivity contribution in [1.29, 1.82) is 0 Å². The number of nitrogens with zero attached hydrogens (tertiary/aromatic N) is 3. The maximum absolute atomic E-state index is 12.9. The molecule has 1 aliphatic carbocycles. The van der Waals surface area contributed by atoms with Gasteiger partial charge in [-0.1, -0.05) is 0 Å². The summed E-state index contributed by atoms with van der Waals surface area (Å²) in [6.45, 7) is 1.18. The van der Waals surface area contributed by atoms with Crippen LogP contribution in [-0.4, -0.2) is 51.8 Å². The van der Waals surface area contributed by atoms with Gasteiger partial charge in [-0.3, -0.25) is 9.78 Å². The zero-order chi connectivity index (χ0) is 16.5. The van der Waals surface area contributed by atoms with Crippen molar-refractivity contribution < 1.29 is 14.3 Å². The second kappa shape index (κ2) is 6.28. The second-order valence-corrected chi connectivity index (χ2v) is 6.33. The number of hydrogen-bond acceptors (Lipinski definition) is 4. The molecule has 4 rings (SSSR count). The molecule has 0 N–H and O–H groups in total. The van der Waals surface area contributed by atoms with Crippen LogP contribution in [0.15, 0.2) is 42.9 Å². The highest BCUT2D eigenvalue weighted by atomic mass is 16.5. The summed E-state index contributed by atoms with van der Waals surface area (Å²) in [4.78, 5) is 18.9. The van der Waals surface area contributed by atoms with Gasteiger partial charge in [-0.05, 0) is 37.1 Å². The lowest BCUT2D eigenvalue weighted by Gasteiger charge is -2.39. The van der Waals surface area contributed by atoms with E-state index in [1.54, 1.807) is 12.4 Å². The number of fused-ring (bicyclic) bond motifs is 1. The van der Waals surface area contributed by atoms with Gasteiger partial charge >= 0.3 is 0 Å². The predicted octanol–water partition coefficient (Wildman–Crippen LogP) is 1.87. The quantitative estimate of drug-likeness (QED) is 0.864. The van der Waals surface area contributed by atoms with Gasteiger partial charge in [0.25, 0.3) is 5.91 Å². The Morgan fingerprint density at radius 3 is 3.00 bits per heavy atom. The third-order valence-electron chi connectivity index (χ3n) is 4.88. The van der Waals surface area contributed by atoms with Crippen LogP contribution in [0, 0.1) is 0 Å². The monoisotopic (exact) mass is 327 g/mol. The van der Waals surface area contributed by atoms with E-state index in [-0.39, 0.29) is 24.2 Å². The van der Waals surface area contributed by atoms with Gasteiger partial charge in [0.15, 0.2) is 0 Å². The number of morpholine rings is 1. The molecule has 0 spiro atoms. The number of aryl methyl sites for hydroxylation is 1. The van der Waals surface area contributed by atoms with E-state index in [4.69, 9.17) is 9.47 Å². The van der Waals surface area contributed by atoms with Gasteiger partial charge in [0.1, 0.15) is 23.7 Å². The summed E-state index contributed by atoms with van der Waals surface area (Å²) in [5.74, 6) is 0.820. The SMILES string of the molecule is Cn1cccc1C(=O)N1CCO[C@H]2[C@H](Oc3cccnc3)CC[C@@H]21. The normalized spacial score (nSPS) is 26.2. The minimum atomic E-state index is -0.0804. The van der Waals surface area contributed by atoms with E-state index in [1.807, 2.05) is 47.0 Å². The molecule has 1 saturated heterocycles. The third-order valence-corrected chi connectivity index (χ3v) is 4.88. The number of amides is 1. The van der Waals surface area contributed by atoms with Gasteiger partial charge in [-0.2, -0.15) is 0 Å². The van der Waals surface area contributed by atoms with E-state index in [2.05, 4.69) is 4.98 Å². The highest BCUT2D eigenvalue weighted by Gasteiger charge is 2.46. The summed E-state index contributed by atoms with van der Waals surface area (Å²) in [5.41, 5.74) is 0.715. The highest BCUT2D eigenvalue weighted by Crippen LogP contribution is 2.33. The first-order valence-electron chi connectivity index (χ1n) is 8.34. The van der Waals surface area contributed by atoms with Crippen molar-refractivity contribution in [2.24, 2.45) is 7.05 Å². The Morgan fingerprint density at radius 1 is 1.33 bits per heavy atom. The van der Waals surface area contributed by atoms with Crippen molar-refractivity contribution in [3.63, 3.8) is 0 Å². The molecule has 0 bridgehead atoms. The maximum Gasteiger partial charge on any atom is 0.270 e. The molecule has 0 unspecified atom stereocenters. The second-order valence-electron chi connectivity index (χ2n) is 6.33. The number of ether oxygens (including phenoxy) is 2. The van der Waals surface area contributed by atoms with Crippen molar-refractivity contribution in [2.45, 2.75) is 31.1 Å². The van der Waals surface area contributed by atoms with Crippen molar-refractivity contribution in [1.82, 2.24) is 14.5 Å². The highest BCUT2D eigenvalue weighted by molar-refractivity contribution is 5.93. The number of aromatic nitrogens is 2. The molecule has 6 nitrogen and oxygen atoms in total. The van der Waals surface area contributed by atoms with Crippen molar-refractivity contribution in [3.8, 4) is 5.75 Å². The van der Waals surface area contributed by atoms with Crippen LogP contribution in [0.4, 0.5) is 0 Å². The van der Waals surface area contributed by atoms with E-state index in [0.717, 1.165) is 18.6 Å². The minimum absolute atomic E-state index is 0.0387. The van der Waals surface area contributed by atoms with Gasteiger partial charge in [0, 0.05) is 26.0 Å². The molecule has 3 atom stereocenters. The molecule has 2 aliphatic rings. The van der Waals surface area contributed by atoms with Crippen LogP contribution in [0.3, 0.4) is 0 Å². The Labute approximate surface area is 141 Å². The molecule has 2 fully saturated rings. The Bertz CT molecular complexity index is 715. The fourth-order valence-corrected chi connectivity index (χ4v) is 3.72. The van der Waals surface area contributed by atoms with Crippen LogP contribution in [0.2, 0.25) is 0 Å². The topological polar surface area (TPSA) is 56.6 Å². The Kier molecular flexibility index (Phi) is 3.98. The van der Waals surface area contributed by atoms with Crippen LogP contribution in [-0.2, 0) is 11.8 Å². The van der Waals surface area contributed by atoms with Crippen LogP contribution < -0.4 is 4.74 Å². The molecule has 1 amide bonds. The van der Waals surface area contributed by atoms with Crippen molar-refractivity contribution in [2.75, 3.05) is 13.2 Å². The molecule has 6 heteroatoms. The predicted molar refractivity (Wildman–Crippen MR) is 87.9 cm³/mol. The minimum Gasteiger partial charge on any atom is -0.486 e. The summed E-state index contributed by atoms with van der Waals surface area (Å²) < 4.78 is 13.9. The van der Waals surface area contributed by atoms with Gasteiger partial charge in [-0.25, -0.2) is 0 Å². The molecule has 1 saturated carbocycles. The molecule has 2 aromatic rings. The largest absolute Gasteiger partial charge is 0.486 e. The standard InChI is InChI=1S/C18H21N3O3/c1-20-9-3-5-15(20)18(22)21-10-11-23-17-14(21)6-7-16(17)24-13-4-2-8-19-12-13/h2-5,8-9,12,14,16-17H,6-7,10-11H2,1H3/t14-,16+,17+/m0/s1. The number of carbonyl (C=O) groups is 1. The Balaban J connectivity index is 1.50. The fourth-order valence-electron chi connectivity index (χ4n) is 3.72. The van der Waals surface area contributed by atoms with Crippen molar-refractivity contribution in [3.05, 3.63) is 48.5 Å². The van der Waals surface area contributed by atoms with E-state index in [9.17, 15) is 4.79 Å². The third kappa shape index (κ3) is 2.67. The molecule has 1 aliphatic heterocycles. The van der Waals surface area contributed by atoms with Crippen LogP contribution >= 0.6 is 0 Å². The average molecular weight is 327 g/mol. The number of carbonyl (C=O) groups excluding carboxylic acids is 1. The summed E-state index contributed by atoms with van der Waals surface area (Å²) in [6.07, 6.45) is 6.98. The first kappa shape index (κ1) is 15.2. The molecule has 0 aromatic carbocycles. The summed E-state index contributed by atoms with van der Waals surface area (Å²) in [7, 11) is 1.90. The molecule has 2 aromatic heterocycles. The lowest BCUT2D eigenvalue weighted by Crippen LogP contribution is -2.54. The summed E-state index contributed by atoms with van der Waals surface area (Å²) in [6, 6.07) is 7.59. The van der Waals surface area contributed by atoms with E-state index < -0.39 is 0 Å². The van der Waals surface area contributed by atoms with Gasteiger partial charge in [0.05, 0.1) is 18.8 Å². The fraction of sp³-hybridized carbons (Fsp3) is 0.444. The molecule has 24 heavy (non-hydrogen) atoms. The van der Waals surface area contributed by atoms with Gasteiger partial charge < -0.3 is 18.9 Å². The summed E-state index contributed by atoms with van der Waals surface area (Å²) >= 11 is 0. The first-order chi connectivity index (χ1) is 11.7. The molecule has 3 heterocycles. The Morgan fingerprint density at radius 2 is 2.25 bits per heavy atom. The van der Waals surface area contributed by atoms with E-state index in [0.29, 0.717) is 18.8 Å². The zero-order valence-electron chi connectivity index (χ0n) is 13.7. The van der Waals surface area contributed by atoms with E-state index >= 15 is 0 Å². The number of pyridine rings is 1. The van der Waals surface area contributed by atoms with Crippen LogP contribution in [0.1, 0.15) is 23.3 Å². The van der Waals surface area contributed by atoms with Crippen molar-refractivity contribution >= 4 is 5.91 Å². The summed E-state index contributed by atoms with van der Waals surface area (Å²) in [5, 5.41) is 0. The lowest BCUT2D eigenvalue weighted by molar-refractivity contribution is -0.0788. The average Bonchev–Trinajstić information content (AvgIpc) is 3.22. The molecular formula is C18H21N3O3.